The van der Waals surface area contributed by atoms with Crippen molar-refractivity contribution in [3.63, 3.8) is 0 Å². The monoisotopic (exact) mass is 516 g/mol. The molecule has 9 heteroatoms. The standard InChI is InChI=1S/C29H29FN4O4/c30-23-11-17(13-31)5-7-21(23)19-14-33(15-19)24-3-1-2-4-26(24)38-20-6-8-22-18(12-20)16-34(29(22)37)25-9-10-27(35)32-28(25)36/h5-8,11-12,19,24-26H,1-4,9-10,14-16H2,(H,32,35,36)/t24-,25-,26+/m1/s1. The Hall–Kier alpha value is -3.77. The van der Waals surface area contributed by atoms with Gasteiger partial charge in [-0.3, -0.25) is 24.6 Å². The van der Waals surface area contributed by atoms with Crippen LogP contribution in [0.4, 0.5) is 4.39 Å². The summed E-state index contributed by atoms with van der Waals surface area (Å²) in [5, 5.41) is 11.3. The third-order valence-corrected chi connectivity index (χ3v) is 8.40. The van der Waals surface area contributed by atoms with E-state index in [0.717, 1.165) is 44.3 Å². The predicted octanol–water partition coefficient (Wildman–Crippen LogP) is 3.25. The van der Waals surface area contributed by atoms with Crippen LogP contribution in [-0.2, 0) is 16.1 Å². The Balaban J connectivity index is 1.11. The number of benzene rings is 2. The van der Waals surface area contributed by atoms with Gasteiger partial charge in [0.05, 0.1) is 11.6 Å². The lowest BCUT2D eigenvalue weighted by Gasteiger charge is -2.48. The molecular weight excluding hydrogens is 487 g/mol. The summed E-state index contributed by atoms with van der Waals surface area (Å²) in [6.07, 6.45) is 4.70. The van der Waals surface area contributed by atoms with Crippen LogP contribution in [-0.4, -0.2) is 58.8 Å². The molecular formula is C29H29FN4O4. The number of carbonyl (C=O) groups excluding carboxylic acids is 3. The number of piperidine rings is 1. The van der Waals surface area contributed by atoms with Gasteiger partial charge in [-0.25, -0.2) is 4.39 Å². The van der Waals surface area contributed by atoms with Gasteiger partial charge < -0.3 is 9.64 Å². The molecule has 196 valence electrons. The third-order valence-electron chi connectivity index (χ3n) is 8.40. The van der Waals surface area contributed by atoms with Gasteiger partial charge in [-0.1, -0.05) is 12.5 Å². The normalized spacial score (nSPS) is 25.9. The van der Waals surface area contributed by atoms with E-state index in [2.05, 4.69) is 10.2 Å². The summed E-state index contributed by atoms with van der Waals surface area (Å²) in [5.74, 6) is -0.424. The number of halogens is 1. The largest absolute Gasteiger partial charge is 0.489 e. The Morgan fingerprint density at radius 2 is 1.84 bits per heavy atom. The molecule has 38 heavy (non-hydrogen) atoms. The number of imide groups is 1. The highest BCUT2D eigenvalue weighted by atomic mass is 19.1. The van der Waals surface area contributed by atoms with Crippen molar-refractivity contribution in [3.05, 3.63) is 64.5 Å². The second kappa shape index (κ2) is 9.84. The van der Waals surface area contributed by atoms with E-state index in [4.69, 9.17) is 10.00 Å². The number of hydrogen-bond acceptors (Lipinski definition) is 6. The molecule has 2 aromatic rings. The molecule has 2 saturated heterocycles. The Morgan fingerprint density at radius 1 is 1.03 bits per heavy atom. The number of nitrogens with one attached hydrogen (secondary N) is 1. The first kappa shape index (κ1) is 24.6. The highest BCUT2D eigenvalue weighted by molar-refractivity contribution is 6.05. The van der Waals surface area contributed by atoms with Gasteiger partial charge in [0.2, 0.25) is 11.8 Å². The van der Waals surface area contributed by atoms with Crippen molar-refractivity contribution in [1.29, 1.82) is 5.26 Å². The van der Waals surface area contributed by atoms with Crippen molar-refractivity contribution >= 4 is 17.7 Å². The first-order valence-corrected chi connectivity index (χ1v) is 13.3. The minimum Gasteiger partial charge on any atom is -0.489 e. The molecule has 0 spiro atoms. The number of likely N-dealkylation sites (tertiary alicyclic amines) is 1. The molecule has 1 N–H and O–H groups in total. The Bertz CT molecular complexity index is 1350. The van der Waals surface area contributed by atoms with Gasteiger partial charge in [0.15, 0.2) is 0 Å². The van der Waals surface area contributed by atoms with Gasteiger partial charge in [0, 0.05) is 43.6 Å². The highest BCUT2D eigenvalue weighted by Crippen LogP contribution is 2.37. The molecule has 3 amide bonds. The molecule has 1 saturated carbocycles. The zero-order valence-corrected chi connectivity index (χ0v) is 21.0. The average Bonchev–Trinajstić information content (AvgIpc) is 3.20. The molecule has 3 atom stereocenters. The summed E-state index contributed by atoms with van der Waals surface area (Å²) in [6, 6.07) is 11.8. The fraction of sp³-hybridized carbons (Fsp3) is 0.448. The molecule has 3 aliphatic heterocycles. The number of hydrogen-bond donors (Lipinski definition) is 1. The first-order valence-electron chi connectivity index (χ1n) is 13.3. The van der Waals surface area contributed by atoms with Gasteiger partial charge in [0.25, 0.3) is 5.91 Å². The topological polar surface area (TPSA) is 103 Å². The maximum absolute atomic E-state index is 14.5. The van der Waals surface area contributed by atoms with Gasteiger partial charge in [0.1, 0.15) is 23.7 Å². The fourth-order valence-electron chi connectivity index (χ4n) is 6.34. The lowest BCUT2D eigenvalue weighted by Crippen LogP contribution is -2.57. The van der Waals surface area contributed by atoms with Crippen molar-refractivity contribution in [3.8, 4) is 11.8 Å². The maximum Gasteiger partial charge on any atom is 0.255 e. The van der Waals surface area contributed by atoms with Crippen LogP contribution in [0.5, 0.6) is 5.75 Å². The van der Waals surface area contributed by atoms with Crippen LogP contribution in [0.3, 0.4) is 0 Å². The molecule has 3 fully saturated rings. The molecule has 0 unspecified atom stereocenters. The lowest BCUT2D eigenvalue weighted by atomic mass is 9.84. The molecule has 6 rings (SSSR count). The summed E-state index contributed by atoms with van der Waals surface area (Å²) in [6.45, 7) is 1.83. The quantitative estimate of drug-likeness (QED) is 0.612. The van der Waals surface area contributed by atoms with E-state index in [9.17, 15) is 18.8 Å². The summed E-state index contributed by atoms with van der Waals surface area (Å²) < 4.78 is 21.0. The number of nitriles is 1. The summed E-state index contributed by atoms with van der Waals surface area (Å²) >= 11 is 0. The van der Waals surface area contributed by atoms with Crippen molar-refractivity contribution < 1.29 is 23.5 Å². The minimum absolute atomic E-state index is 0.00287. The highest BCUT2D eigenvalue weighted by Gasteiger charge is 2.41. The fourth-order valence-corrected chi connectivity index (χ4v) is 6.34. The predicted molar refractivity (Wildman–Crippen MR) is 135 cm³/mol. The van der Waals surface area contributed by atoms with Crippen LogP contribution in [0.25, 0.3) is 0 Å². The molecule has 0 bridgehead atoms. The van der Waals surface area contributed by atoms with E-state index in [1.165, 1.54) is 6.07 Å². The summed E-state index contributed by atoms with van der Waals surface area (Å²) in [5.41, 5.74) is 2.39. The molecule has 0 aromatic heterocycles. The summed E-state index contributed by atoms with van der Waals surface area (Å²) in [7, 11) is 0. The molecule has 1 aliphatic carbocycles. The Morgan fingerprint density at radius 3 is 2.61 bits per heavy atom. The van der Waals surface area contributed by atoms with E-state index >= 15 is 0 Å². The van der Waals surface area contributed by atoms with Gasteiger partial charge in [-0.15, -0.1) is 0 Å². The van der Waals surface area contributed by atoms with E-state index in [1.54, 1.807) is 23.1 Å². The van der Waals surface area contributed by atoms with Crippen molar-refractivity contribution in [2.24, 2.45) is 0 Å². The van der Waals surface area contributed by atoms with Crippen LogP contribution < -0.4 is 10.1 Å². The average molecular weight is 517 g/mol. The molecule has 8 nitrogen and oxygen atoms in total. The van der Waals surface area contributed by atoms with Crippen LogP contribution in [0.2, 0.25) is 0 Å². The lowest BCUT2D eigenvalue weighted by molar-refractivity contribution is -0.136. The molecule has 4 aliphatic rings. The second-order valence-corrected chi connectivity index (χ2v) is 10.7. The minimum atomic E-state index is -0.639. The summed E-state index contributed by atoms with van der Waals surface area (Å²) in [4.78, 5) is 40.7. The Kier molecular flexibility index (Phi) is 6.36. The van der Waals surface area contributed by atoms with Crippen LogP contribution in [0.15, 0.2) is 36.4 Å². The molecule has 3 heterocycles. The number of amides is 3. The van der Waals surface area contributed by atoms with E-state index in [0.29, 0.717) is 35.4 Å². The number of carbonyl (C=O) groups is 3. The van der Waals surface area contributed by atoms with Gasteiger partial charge >= 0.3 is 0 Å². The van der Waals surface area contributed by atoms with E-state index in [-0.39, 0.29) is 42.1 Å². The molecule has 0 radical (unpaired) electrons. The number of fused-ring (bicyclic) bond motifs is 1. The van der Waals surface area contributed by atoms with E-state index in [1.807, 2.05) is 18.2 Å². The second-order valence-electron chi connectivity index (χ2n) is 10.7. The zero-order valence-electron chi connectivity index (χ0n) is 21.0. The van der Waals surface area contributed by atoms with Gasteiger partial charge in [-0.05, 0) is 67.1 Å². The first-order chi connectivity index (χ1) is 18.4. The number of nitrogens with zero attached hydrogens (tertiary/aromatic N) is 3. The number of ether oxygens (including phenoxy) is 1. The van der Waals surface area contributed by atoms with E-state index < -0.39 is 11.9 Å². The van der Waals surface area contributed by atoms with Crippen molar-refractivity contribution in [2.45, 2.75) is 69.2 Å². The van der Waals surface area contributed by atoms with Crippen LogP contribution in [0, 0.1) is 17.1 Å². The zero-order chi connectivity index (χ0) is 26.4. The van der Waals surface area contributed by atoms with Crippen molar-refractivity contribution in [2.75, 3.05) is 13.1 Å². The van der Waals surface area contributed by atoms with Gasteiger partial charge in [-0.2, -0.15) is 5.26 Å². The maximum atomic E-state index is 14.5. The van der Waals surface area contributed by atoms with Crippen LogP contribution >= 0.6 is 0 Å². The van der Waals surface area contributed by atoms with Crippen molar-refractivity contribution in [1.82, 2.24) is 15.1 Å². The Labute approximate surface area is 220 Å². The third kappa shape index (κ3) is 4.43. The SMILES string of the molecule is N#Cc1ccc(C2CN([C@@H]3CCCC[C@@H]3Oc3ccc4c(c3)CN([C@@H]3CCC(=O)NC3=O)C4=O)C2)c(F)c1. The molecule has 2 aromatic carbocycles. The number of rotatable bonds is 5. The van der Waals surface area contributed by atoms with Crippen LogP contribution in [0.1, 0.15) is 71.5 Å². The smallest absolute Gasteiger partial charge is 0.255 e.